The van der Waals surface area contributed by atoms with E-state index in [1.54, 1.807) is 13.4 Å². The van der Waals surface area contributed by atoms with Crippen molar-refractivity contribution >= 4 is 6.34 Å². The van der Waals surface area contributed by atoms with Crippen molar-refractivity contribution < 1.29 is 0 Å². The highest BCUT2D eigenvalue weighted by molar-refractivity contribution is 5.58. The van der Waals surface area contributed by atoms with E-state index in [0.29, 0.717) is 5.92 Å². The van der Waals surface area contributed by atoms with Gasteiger partial charge in [0.05, 0.1) is 6.34 Å². The Bertz CT molecular complexity index is 274. The molecule has 1 aliphatic heterocycles. The van der Waals surface area contributed by atoms with Gasteiger partial charge in [-0.2, -0.15) is 0 Å². The van der Waals surface area contributed by atoms with E-state index in [4.69, 9.17) is 0 Å². The minimum absolute atomic E-state index is 0.415. The number of rotatable bonds is 2. The van der Waals surface area contributed by atoms with Gasteiger partial charge in [-0.05, 0) is 18.2 Å². The Kier molecular flexibility index (Phi) is 4.55. The van der Waals surface area contributed by atoms with Crippen molar-refractivity contribution in [3.63, 3.8) is 0 Å². The highest BCUT2D eigenvalue weighted by Gasteiger charge is 1.96. The van der Waals surface area contributed by atoms with Gasteiger partial charge in [0.2, 0.25) is 0 Å². The van der Waals surface area contributed by atoms with Crippen LogP contribution in [0.3, 0.4) is 0 Å². The molecule has 1 rings (SSSR count). The summed E-state index contributed by atoms with van der Waals surface area (Å²) in [5.74, 6) is 0.415. The molecule has 0 aromatic carbocycles. The Hall–Kier alpha value is -1.51. The molecule has 0 radical (unpaired) electrons. The van der Waals surface area contributed by atoms with Crippen molar-refractivity contribution in [3.8, 4) is 0 Å². The van der Waals surface area contributed by atoms with Crippen molar-refractivity contribution in [2.24, 2.45) is 10.9 Å². The molecule has 1 atom stereocenters. The van der Waals surface area contributed by atoms with Gasteiger partial charge in [-0.25, -0.2) is 0 Å². The van der Waals surface area contributed by atoms with Crippen LogP contribution in [0.5, 0.6) is 0 Å². The van der Waals surface area contributed by atoms with E-state index in [0.717, 1.165) is 12.2 Å². The number of hydrogen-bond acceptors (Lipinski definition) is 2. The van der Waals surface area contributed by atoms with Gasteiger partial charge in [0.1, 0.15) is 0 Å². The van der Waals surface area contributed by atoms with Crippen LogP contribution >= 0.6 is 0 Å². The first-order valence-corrected chi connectivity index (χ1v) is 4.78. The first kappa shape index (κ1) is 10.6. The maximum atomic E-state index is 3.89. The van der Waals surface area contributed by atoms with Crippen molar-refractivity contribution in [3.05, 3.63) is 36.2 Å². The molecule has 0 saturated carbocycles. The summed E-state index contributed by atoms with van der Waals surface area (Å²) in [6, 6.07) is 0. The molecule has 1 unspecified atom stereocenters. The highest BCUT2D eigenvalue weighted by atomic mass is 14.9. The quantitative estimate of drug-likeness (QED) is 0.511. The summed E-state index contributed by atoms with van der Waals surface area (Å²) < 4.78 is 0. The molecule has 1 heterocycles. The summed E-state index contributed by atoms with van der Waals surface area (Å²) in [5.41, 5.74) is 1.08. The van der Waals surface area contributed by atoms with E-state index in [1.165, 1.54) is 0 Å². The first-order chi connectivity index (χ1) is 6.83. The molecular formula is C11H17N3. The third-order valence-corrected chi connectivity index (χ3v) is 1.85. The van der Waals surface area contributed by atoms with E-state index in [2.05, 4.69) is 46.9 Å². The molecule has 0 spiro atoms. The lowest BCUT2D eigenvalue weighted by Crippen LogP contribution is -2.09. The lowest BCUT2D eigenvalue weighted by Gasteiger charge is -2.03. The Morgan fingerprint density at radius 3 is 3.29 bits per heavy atom. The van der Waals surface area contributed by atoms with E-state index < -0.39 is 0 Å². The van der Waals surface area contributed by atoms with Gasteiger partial charge in [-0.3, -0.25) is 4.99 Å². The lowest BCUT2D eigenvalue weighted by atomic mass is 10.1. The Morgan fingerprint density at radius 1 is 1.64 bits per heavy atom. The average molecular weight is 191 g/mol. The number of hydrogen-bond donors (Lipinski definition) is 2. The molecule has 14 heavy (non-hydrogen) atoms. The zero-order chi connectivity index (χ0) is 10.2. The number of nitrogens with zero attached hydrogens (tertiary/aromatic N) is 1. The molecule has 0 aliphatic carbocycles. The van der Waals surface area contributed by atoms with Gasteiger partial charge < -0.3 is 10.6 Å². The molecule has 0 amide bonds. The first-order valence-electron chi connectivity index (χ1n) is 4.78. The lowest BCUT2D eigenvalue weighted by molar-refractivity contribution is 0.896. The Balaban J connectivity index is 2.70. The van der Waals surface area contributed by atoms with Crippen LogP contribution in [-0.2, 0) is 0 Å². The SMILES string of the molecule is CN=CNC1=C/C(C)/C=C\NC/C=C\1. The molecule has 0 aromatic heterocycles. The fourth-order valence-corrected chi connectivity index (χ4v) is 1.17. The van der Waals surface area contributed by atoms with Crippen LogP contribution < -0.4 is 10.6 Å². The van der Waals surface area contributed by atoms with Gasteiger partial charge in [-0.15, -0.1) is 0 Å². The summed E-state index contributed by atoms with van der Waals surface area (Å²) in [6.07, 6.45) is 12.1. The van der Waals surface area contributed by atoms with Gasteiger partial charge in [0.15, 0.2) is 0 Å². The molecule has 1 aliphatic rings. The molecule has 2 N–H and O–H groups in total. The van der Waals surface area contributed by atoms with E-state index in [-0.39, 0.29) is 0 Å². The highest BCUT2D eigenvalue weighted by Crippen LogP contribution is 2.04. The Morgan fingerprint density at radius 2 is 2.50 bits per heavy atom. The van der Waals surface area contributed by atoms with Crippen molar-refractivity contribution in [2.75, 3.05) is 13.6 Å². The van der Waals surface area contributed by atoms with Crippen LogP contribution in [0.25, 0.3) is 0 Å². The monoisotopic (exact) mass is 191 g/mol. The van der Waals surface area contributed by atoms with Gasteiger partial charge >= 0.3 is 0 Å². The topological polar surface area (TPSA) is 36.4 Å². The molecule has 0 saturated heterocycles. The minimum Gasteiger partial charge on any atom is -0.388 e. The van der Waals surface area contributed by atoms with Crippen LogP contribution in [0.15, 0.2) is 41.2 Å². The van der Waals surface area contributed by atoms with Crippen molar-refractivity contribution in [1.82, 2.24) is 10.6 Å². The minimum atomic E-state index is 0.415. The normalized spacial score (nSPS) is 30.4. The fourth-order valence-electron chi connectivity index (χ4n) is 1.17. The average Bonchev–Trinajstić information content (AvgIpc) is 2.27. The summed E-state index contributed by atoms with van der Waals surface area (Å²) in [5, 5.41) is 6.29. The second-order valence-electron chi connectivity index (χ2n) is 3.18. The predicted molar refractivity (Wildman–Crippen MR) is 61.1 cm³/mol. The molecule has 3 nitrogen and oxygen atoms in total. The number of nitrogens with one attached hydrogen (secondary N) is 2. The molecule has 0 bridgehead atoms. The van der Waals surface area contributed by atoms with E-state index in [9.17, 15) is 0 Å². The maximum Gasteiger partial charge on any atom is 0.0864 e. The molecular weight excluding hydrogens is 174 g/mol. The number of aliphatic imine (C=N–C) groups is 1. The van der Waals surface area contributed by atoms with E-state index >= 15 is 0 Å². The molecule has 0 aromatic rings. The van der Waals surface area contributed by atoms with Gasteiger partial charge in [0, 0.05) is 19.3 Å². The summed E-state index contributed by atoms with van der Waals surface area (Å²) >= 11 is 0. The summed E-state index contributed by atoms with van der Waals surface area (Å²) in [7, 11) is 1.75. The second-order valence-corrected chi connectivity index (χ2v) is 3.18. The Labute approximate surface area is 85.3 Å². The summed E-state index contributed by atoms with van der Waals surface area (Å²) in [6.45, 7) is 2.99. The van der Waals surface area contributed by atoms with E-state index in [1.807, 2.05) is 6.20 Å². The largest absolute Gasteiger partial charge is 0.388 e. The molecule has 0 fully saturated rings. The third-order valence-electron chi connectivity index (χ3n) is 1.85. The van der Waals surface area contributed by atoms with Crippen LogP contribution in [0, 0.1) is 5.92 Å². The van der Waals surface area contributed by atoms with Gasteiger partial charge in [-0.1, -0.05) is 25.2 Å². The predicted octanol–water partition coefficient (Wildman–Crippen LogP) is 1.43. The van der Waals surface area contributed by atoms with Crippen LogP contribution in [-0.4, -0.2) is 19.9 Å². The fraction of sp³-hybridized carbons (Fsp3) is 0.364. The zero-order valence-corrected chi connectivity index (χ0v) is 8.70. The molecule has 76 valence electrons. The zero-order valence-electron chi connectivity index (χ0n) is 8.70. The van der Waals surface area contributed by atoms with Crippen LogP contribution in [0.2, 0.25) is 0 Å². The number of allylic oxidation sites excluding steroid dienone is 3. The third kappa shape index (κ3) is 3.94. The van der Waals surface area contributed by atoms with Gasteiger partial charge in [0.25, 0.3) is 0 Å². The smallest absolute Gasteiger partial charge is 0.0864 e. The maximum absolute atomic E-state index is 3.89. The second kappa shape index (κ2) is 6.02. The molecule has 3 heteroatoms. The van der Waals surface area contributed by atoms with Crippen molar-refractivity contribution in [1.29, 1.82) is 0 Å². The van der Waals surface area contributed by atoms with Crippen molar-refractivity contribution in [2.45, 2.75) is 6.92 Å². The van der Waals surface area contributed by atoms with Crippen LogP contribution in [0.4, 0.5) is 0 Å². The summed E-state index contributed by atoms with van der Waals surface area (Å²) in [4.78, 5) is 3.89. The van der Waals surface area contributed by atoms with Crippen LogP contribution in [0.1, 0.15) is 6.92 Å². The standard InChI is InChI=1S/C11H17N3/c1-10-5-7-13-6-3-4-11(8-10)14-9-12-2/h3-5,7-10,13H,6H2,1-2H3,(H,12,14)/b4-3-,7-5-,11-8+.